The number of sulfonamides is 1. The molecule has 0 radical (unpaired) electrons. The van der Waals surface area contributed by atoms with Crippen molar-refractivity contribution in [2.75, 3.05) is 54.6 Å². The number of hydrogen-bond acceptors (Lipinski definition) is 8. The SMILES string of the molecule is CO/N=C(/CN(C)S(=O)(=O)c1cc(OC)c(Br)c(OC)c1)C(CCN1CCC(O)(c2ccccc2)CC1)c1ccc(Cl)c(Cl)c1. The van der Waals surface area contributed by atoms with Crippen LogP contribution in [0.2, 0.25) is 10.0 Å². The van der Waals surface area contributed by atoms with Crippen molar-refractivity contribution in [1.29, 1.82) is 0 Å². The summed E-state index contributed by atoms with van der Waals surface area (Å²) in [5.41, 5.74) is 1.39. The van der Waals surface area contributed by atoms with Gasteiger partial charge in [-0.15, -0.1) is 0 Å². The fraction of sp³-hybridized carbons (Fsp3) is 0.406. The largest absolute Gasteiger partial charge is 0.495 e. The third kappa shape index (κ3) is 8.32. The molecule has 0 saturated carbocycles. The fourth-order valence-corrected chi connectivity index (χ4v) is 7.59. The minimum atomic E-state index is -4.01. The number of halogens is 3. The lowest BCUT2D eigenvalue weighted by Crippen LogP contribution is -2.43. The number of hydrogen-bond donors (Lipinski definition) is 1. The van der Waals surface area contributed by atoms with Crippen molar-refractivity contribution >= 4 is 54.9 Å². The van der Waals surface area contributed by atoms with Crippen molar-refractivity contribution in [3.8, 4) is 11.5 Å². The Morgan fingerprint density at radius 3 is 2.20 bits per heavy atom. The normalized spacial score (nSPS) is 16.4. The molecule has 9 nitrogen and oxygen atoms in total. The summed E-state index contributed by atoms with van der Waals surface area (Å²) in [5.74, 6) is 0.296. The Kier molecular flexibility index (Phi) is 12.2. The predicted molar refractivity (Wildman–Crippen MR) is 181 cm³/mol. The minimum Gasteiger partial charge on any atom is -0.495 e. The van der Waals surface area contributed by atoms with E-state index in [2.05, 4.69) is 26.0 Å². The highest BCUT2D eigenvalue weighted by atomic mass is 79.9. The van der Waals surface area contributed by atoms with Crippen LogP contribution in [0.3, 0.4) is 0 Å². The fourth-order valence-electron chi connectivity index (χ4n) is 5.56. The molecule has 1 fully saturated rings. The van der Waals surface area contributed by atoms with E-state index in [0.717, 1.165) is 11.1 Å². The number of rotatable bonds is 13. The molecule has 0 aliphatic carbocycles. The molecule has 1 aliphatic heterocycles. The Bertz CT molecular complexity index is 1580. The molecule has 4 rings (SSSR count). The number of nitrogens with zero attached hydrogens (tertiary/aromatic N) is 3. The van der Waals surface area contributed by atoms with E-state index in [1.807, 2.05) is 36.4 Å². The number of methoxy groups -OCH3 is 2. The molecule has 0 amide bonds. The Morgan fingerprint density at radius 1 is 1.02 bits per heavy atom. The predicted octanol–water partition coefficient (Wildman–Crippen LogP) is 6.55. The van der Waals surface area contributed by atoms with Crippen LogP contribution < -0.4 is 9.47 Å². The third-order valence-electron chi connectivity index (χ3n) is 8.20. The third-order valence-corrected chi connectivity index (χ3v) is 11.5. The van der Waals surface area contributed by atoms with Crippen LogP contribution in [0, 0.1) is 0 Å². The van der Waals surface area contributed by atoms with Crippen molar-refractivity contribution in [3.05, 3.63) is 86.3 Å². The second-order valence-electron chi connectivity index (χ2n) is 10.9. The van der Waals surface area contributed by atoms with Crippen LogP contribution in [0.1, 0.15) is 36.3 Å². The Morgan fingerprint density at radius 2 is 1.64 bits per heavy atom. The van der Waals surface area contributed by atoms with Gasteiger partial charge in [0.2, 0.25) is 10.0 Å². The van der Waals surface area contributed by atoms with E-state index in [-0.39, 0.29) is 17.4 Å². The van der Waals surface area contributed by atoms with Gasteiger partial charge in [-0.1, -0.05) is 64.8 Å². The molecule has 244 valence electrons. The number of benzene rings is 3. The van der Waals surface area contributed by atoms with E-state index >= 15 is 0 Å². The highest BCUT2D eigenvalue weighted by Gasteiger charge is 2.35. The molecule has 1 heterocycles. The van der Waals surface area contributed by atoms with Crippen LogP contribution in [0.4, 0.5) is 0 Å². The van der Waals surface area contributed by atoms with Gasteiger partial charge in [0.05, 0.1) is 47.0 Å². The Balaban J connectivity index is 1.58. The summed E-state index contributed by atoms with van der Waals surface area (Å²) in [4.78, 5) is 7.55. The van der Waals surface area contributed by atoms with Crippen molar-refractivity contribution in [2.45, 2.75) is 35.7 Å². The number of oxime groups is 1. The zero-order chi connectivity index (χ0) is 32.8. The first-order valence-electron chi connectivity index (χ1n) is 14.4. The van der Waals surface area contributed by atoms with E-state index in [1.165, 1.54) is 44.8 Å². The molecule has 13 heteroatoms. The summed E-state index contributed by atoms with van der Waals surface area (Å²) in [6.07, 6.45) is 1.81. The Labute approximate surface area is 283 Å². The smallest absolute Gasteiger partial charge is 0.243 e. The quantitative estimate of drug-likeness (QED) is 0.157. The van der Waals surface area contributed by atoms with Crippen LogP contribution in [0.5, 0.6) is 11.5 Å². The van der Waals surface area contributed by atoms with Gasteiger partial charge in [-0.3, -0.25) is 0 Å². The maximum atomic E-state index is 13.8. The average molecular weight is 744 g/mol. The number of aliphatic hydroxyl groups is 1. The molecule has 45 heavy (non-hydrogen) atoms. The molecular formula is C32H38BrCl2N3O6S. The summed E-state index contributed by atoms with van der Waals surface area (Å²) < 4.78 is 40.1. The van der Waals surface area contributed by atoms with Crippen molar-refractivity contribution < 1.29 is 27.8 Å². The summed E-state index contributed by atoms with van der Waals surface area (Å²) >= 11 is 16.1. The second kappa shape index (κ2) is 15.5. The van der Waals surface area contributed by atoms with Crippen molar-refractivity contribution in [2.24, 2.45) is 5.16 Å². The lowest BCUT2D eigenvalue weighted by atomic mass is 9.84. The van der Waals surface area contributed by atoms with Crippen LogP contribution in [-0.4, -0.2) is 83.0 Å². The van der Waals surface area contributed by atoms with Gasteiger partial charge in [0, 0.05) is 38.2 Å². The molecule has 1 aliphatic rings. The van der Waals surface area contributed by atoms with Crippen LogP contribution in [-0.2, 0) is 20.5 Å². The highest BCUT2D eigenvalue weighted by Crippen LogP contribution is 2.38. The van der Waals surface area contributed by atoms with E-state index in [9.17, 15) is 13.5 Å². The summed E-state index contributed by atoms with van der Waals surface area (Å²) in [7, 11) is 1.82. The van der Waals surface area contributed by atoms with Crippen LogP contribution in [0.15, 0.2) is 75.2 Å². The number of ether oxygens (including phenoxy) is 2. The molecule has 1 N–H and O–H groups in total. The molecule has 1 atom stereocenters. The first-order chi connectivity index (χ1) is 21.4. The summed E-state index contributed by atoms with van der Waals surface area (Å²) in [6, 6.07) is 18.0. The topological polar surface area (TPSA) is 101 Å². The Hall–Kier alpha value is -2.38. The van der Waals surface area contributed by atoms with E-state index in [0.29, 0.717) is 70.6 Å². The van der Waals surface area contributed by atoms with Crippen LogP contribution in [0.25, 0.3) is 0 Å². The first-order valence-corrected chi connectivity index (χ1v) is 17.4. The zero-order valence-electron chi connectivity index (χ0n) is 25.7. The van der Waals surface area contributed by atoms with Gasteiger partial charge in [-0.05, 0) is 65.0 Å². The monoisotopic (exact) mass is 741 g/mol. The molecule has 0 spiro atoms. The standard InChI is InChI=1S/C32H38BrCl2N3O6S/c1-37(45(40,41)24-19-29(42-2)31(33)30(20-24)43-3)21-28(36-44-4)25(22-10-11-26(34)27(35)18-22)12-15-38-16-13-32(39,14-17-38)23-8-6-5-7-9-23/h5-11,18-20,25,39H,12-17,21H2,1-4H3/b36-28-. The molecule has 3 aromatic rings. The number of piperidine rings is 1. The van der Waals surface area contributed by atoms with Crippen molar-refractivity contribution in [3.63, 3.8) is 0 Å². The second-order valence-corrected chi connectivity index (χ2v) is 14.6. The van der Waals surface area contributed by atoms with Gasteiger partial charge in [0.25, 0.3) is 0 Å². The van der Waals surface area contributed by atoms with Gasteiger partial charge in [-0.25, -0.2) is 8.42 Å². The highest BCUT2D eigenvalue weighted by molar-refractivity contribution is 9.10. The van der Waals surface area contributed by atoms with E-state index < -0.39 is 15.6 Å². The maximum Gasteiger partial charge on any atom is 0.243 e. The van der Waals surface area contributed by atoms with Crippen molar-refractivity contribution in [1.82, 2.24) is 9.21 Å². The molecule has 1 unspecified atom stereocenters. The van der Waals surface area contributed by atoms with E-state index in [1.54, 1.807) is 12.1 Å². The zero-order valence-corrected chi connectivity index (χ0v) is 29.6. The van der Waals surface area contributed by atoms with Gasteiger partial charge >= 0.3 is 0 Å². The molecule has 3 aromatic carbocycles. The van der Waals surface area contributed by atoms with Gasteiger partial charge in [-0.2, -0.15) is 4.31 Å². The van der Waals surface area contributed by atoms with Crippen LogP contribution >= 0.6 is 39.1 Å². The van der Waals surface area contributed by atoms with Gasteiger partial charge < -0.3 is 24.3 Å². The molecule has 1 saturated heterocycles. The summed E-state index contributed by atoms with van der Waals surface area (Å²) in [5, 5.41) is 16.4. The first kappa shape index (κ1) is 35.5. The maximum absolute atomic E-state index is 13.8. The summed E-state index contributed by atoms with van der Waals surface area (Å²) in [6.45, 7) is 2.03. The van der Waals surface area contributed by atoms with E-state index in [4.69, 9.17) is 37.5 Å². The molecule has 0 aromatic heterocycles. The molecular weight excluding hydrogens is 705 g/mol. The number of likely N-dealkylation sites (tertiary alicyclic amines) is 1. The van der Waals surface area contributed by atoms with Gasteiger partial charge in [0.15, 0.2) is 0 Å². The minimum absolute atomic E-state index is 0.00368. The lowest BCUT2D eigenvalue weighted by Gasteiger charge is -2.39. The van der Waals surface area contributed by atoms with Gasteiger partial charge in [0.1, 0.15) is 23.1 Å². The lowest BCUT2D eigenvalue weighted by molar-refractivity contribution is -0.0261. The molecule has 0 bridgehead atoms. The average Bonchev–Trinajstić information content (AvgIpc) is 3.04.